The molecule has 1 rings (SSSR count). The Labute approximate surface area is 61.5 Å². The fourth-order valence-corrected chi connectivity index (χ4v) is 1.14. The molecule has 1 aliphatic rings. The lowest BCUT2D eigenvalue weighted by Crippen LogP contribution is -2.31. The first-order chi connectivity index (χ1) is 4.79. The second-order valence-corrected chi connectivity index (χ2v) is 2.53. The topological polar surface area (TPSA) is 29.5 Å². The van der Waals surface area contributed by atoms with Gasteiger partial charge in [-0.05, 0) is 6.42 Å². The molecule has 1 unspecified atom stereocenters. The molecule has 1 atom stereocenters. The summed E-state index contributed by atoms with van der Waals surface area (Å²) < 4.78 is 5.20. The van der Waals surface area contributed by atoms with Gasteiger partial charge in [-0.3, -0.25) is 0 Å². The lowest BCUT2D eigenvalue weighted by molar-refractivity contribution is 0.00696. The molecule has 10 heavy (non-hydrogen) atoms. The van der Waals surface area contributed by atoms with E-state index in [0.29, 0.717) is 12.4 Å². The zero-order chi connectivity index (χ0) is 7.56. The number of allylic oxidation sites excluding steroid dienone is 1. The highest BCUT2D eigenvalue weighted by Gasteiger charge is 2.25. The molecule has 0 aromatic carbocycles. The first-order valence-electron chi connectivity index (χ1n) is 3.82. The van der Waals surface area contributed by atoms with Crippen LogP contribution in [0.5, 0.6) is 0 Å². The Morgan fingerprint density at radius 2 is 2.40 bits per heavy atom. The van der Waals surface area contributed by atoms with Crippen LogP contribution in [0.25, 0.3) is 0 Å². The van der Waals surface area contributed by atoms with Gasteiger partial charge in [0.1, 0.15) is 0 Å². The van der Waals surface area contributed by atoms with Gasteiger partial charge in [-0.1, -0.05) is 13.8 Å². The molecule has 1 fully saturated rings. The van der Waals surface area contributed by atoms with E-state index in [1.54, 1.807) is 0 Å². The van der Waals surface area contributed by atoms with Crippen LogP contribution in [0.1, 0.15) is 26.7 Å². The van der Waals surface area contributed by atoms with Gasteiger partial charge >= 0.3 is 0 Å². The van der Waals surface area contributed by atoms with Crippen LogP contribution in [0.2, 0.25) is 0 Å². The van der Waals surface area contributed by atoms with Crippen molar-refractivity contribution in [1.82, 2.24) is 0 Å². The summed E-state index contributed by atoms with van der Waals surface area (Å²) >= 11 is 0. The summed E-state index contributed by atoms with van der Waals surface area (Å²) in [6, 6.07) is 0. The molecule has 0 aromatic heterocycles. The van der Waals surface area contributed by atoms with Crippen LogP contribution in [0.4, 0.5) is 0 Å². The van der Waals surface area contributed by atoms with Gasteiger partial charge in [-0.15, -0.1) is 0 Å². The van der Waals surface area contributed by atoms with E-state index < -0.39 is 0 Å². The lowest BCUT2D eigenvalue weighted by Gasteiger charge is -2.30. The highest BCUT2D eigenvalue weighted by atomic mass is 16.5. The molecule has 0 saturated carbocycles. The number of aliphatic hydroxyl groups is 1. The fourth-order valence-electron chi connectivity index (χ4n) is 1.14. The highest BCUT2D eigenvalue weighted by Crippen LogP contribution is 2.25. The van der Waals surface area contributed by atoms with E-state index in [4.69, 9.17) is 4.74 Å². The number of rotatable bonds is 2. The molecule has 1 saturated heterocycles. The normalized spacial score (nSPS) is 29.6. The molecule has 0 bridgehead atoms. The fraction of sp³-hybridized carbons (Fsp3) is 0.750. The Morgan fingerprint density at radius 3 is 2.70 bits per heavy atom. The molecule has 0 amide bonds. The van der Waals surface area contributed by atoms with Crippen LogP contribution < -0.4 is 0 Å². The number of aliphatic hydroxyl groups excluding tert-OH is 1. The monoisotopic (exact) mass is 142 g/mol. The number of hydrogen-bond acceptors (Lipinski definition) is 2. The SMILES string of the molecule is CC/C(O)=C1\COC1CC. The average molecular weight is 142 g/mol. The molecule has 0 aliphatic carbocycles. The molecule has 1 N–H and O–H groups in total. The van der Waals surface area contributed by atoms with Crippen LogP contribution in [-0.4, -0.2) is 17.8 Å². The molecule has 2 heteroatoms. The molecule has 2 nitrogen and oxygen atoms in total. The van der Waals surface area contributed by atoms with E-state index in [1.807, 2.05) is 6.92 Å². The van der Waals surface area contributed by atoms with Crippen molar-refractivity contribution < 1.29 is 9.84 Å². The Balaban J connectivity index is 2.55. The smallest absolute Gasteiger partial charge is 0.0960 e. The number of ether oxygens (including phenoxy) is 1. The Kier molecular flexibility index (Phi) is 2.33. The summed E-state index contributed by atoms with van der Waals surface area (Å²) in [5.41, 5.74) is 1.10. The van der Waals surface area contributed by atoms with Gasteiger partial charge in [0.25, 0.3) is 0 Å². The van der Waals surface area contributed by atoms with Crippen LogP contribution >= 0.6 is 0 Å². The van der Waals surface area contributed by atoms with Crippen LogP contribution in [-0.2, 0) is 4.74 Å². The summed E-state index contributed by atoms with van der Waals surface area (Å²) in [5, 5.41) is 9.28. The first-order valence-corrected chi connectivity index (χ1v) is 3.82. The zero-order valence-electron chi connectivity index (χ0n) is 6.55. The summed E-state index contributed by atoms with van der Waals surface area (Å²) in [7, 11) is 0. The summed E-state index contributed by atoms with van der Waals surface area (Å²) in [6.45, 7) is 4.65. The van der Waals surface area contributed by atoms with Gasteiger partial charge in [-0.2, -0.15) is 0 Å². The van der Waals surface area contributed by atoms with Crippen molar-refractivity contribution in [1.29, 1.82) is 0 Å². The average Bonchev–Trinajstić information content (AvgIpc) is 1.86. The maximum Gasteiger partial charge on any atom is 0.0960 e. The second-order valence-electron chi connectivity index (χ2n) is 2.53. The summed E-state index contributed by atoms with van der Waals surface area (Å²) in [6.07, 6.45) is 1.91. The van der Waals surface area contributed by atoms with Crippen molar-refractivity contribution >= 4 is 0 Å². The molecule has 1 aliphatic heterocycles. The van der Waals surface area contributed by atoms with Crippen molar-refractivity contribution in [2.24, 2.45) is 0 Å². The van der Waals surface area contributed by atoms with E-state index in [0.717, 1.165) is 18.4 Å². The van der Waals surface area contributed by atoms with Crippen LogP contribution in [0, 0.1) is 0 Å². The van der Waals surface area contributed by atoms with Gasteiger partial charge in [0.2, 0.25) is 0 Å². The van der Waals surface area contributed by atoms with Crippen molar-refractivity contribution in [3.8, 4) is 0 Å². The highest BCUT2D eigenvalue weighted by molar-refractivity contribution is 5.18. The standard InChI is InChI=1S/C8H14O2/c1-3-7(9)6-5-10-8(6)4-2/h8-9H,3-5H2,1-2H3/b7-6-. The third kappa shape index (κ3) is 1.16. The van der Waals surface area contributed by atoms with E-state index in [9.17, 15) is 5.11 Å². The minimum Gasteiger partial charge on any atom is -0.512 e. The molecule has 58 valence electrons. The predicted octanol–water partition coefficient (Wildman–Crippen LogP) is 2.02. The largest absolute Gasteiger partial charge is 0.512 e. The second kappa shape index (κ2) is 3.06. The summed E-state index contributed by atoms with van der Waals surface area (Å²) in [4.78, 5) is 0. The van der Waals surface area contributed by atoms with Gasteiger partial charge in [0.15, 0.2) is 0 Å². The van der Waals surface area contributed by atoms with Gasteiger partial charge < -0.3 is 9.84 Å². The molecular formula is C8H14O2. The lowest BCUT2D eigenvalue weighted by atomic mass is 10.0. The summed E-state index contributed by atoms with van der Waals surface area (Å²) in [5.74, 6) is 0.526. The molecule has 0 spiro atoms. The van der Waals surface area contributed by atoms with Gasteiger partial charge in [0.05, 0.1) is 18.5 Å². The Bertz CT molecular complexity index is 147. The minimum absolute atomic E-state index is 0.208. The van der Waals surface area contributed by atoms with E-state index >= 15 is 0 Å². The van der Waals surface area contributed by atoms with Crippen molar-refractivity contribution in [2.75, 3.05) is 6.61 Å². The first kappa shape index (κ1) is 7.61. The molecule has 0 aromatic rings. The maximum atomic E-state index is 9.28. The Hall–Kier alpha value is -0.500. The third-order valence-electron chi connectivity index (χ3n) is 1.91. The maximum absolute atomic E-state index is 9.28. The third-order valence-corrected chi connectivity index (χ3v) is 1.91. The number of hydrogen-bond donors (Lipinski definition) is 1. The quantitative estimate of drug-likeness (QED) is 0.598. The van der Waals surface area contributed by atoms with Crippen LogP contribution in [0.15, 0.2) is 11.3 Å². The minimum atomic E-state index is 0.208. The van der Waals surface area contributed by atoms with Crippen molar-refractivity contribution in [2.45, 2.75) is 32.8 Å². The zero-order valence-corrected chi connectivity index (χ0v) is 6.55. The molecule has 1 heterocycles. The van der Waals surface area contributed by atoms with E-state index in [2.05, 4.69) is 6.92 Å². The predicted molar refractivity (Wildman–Crippen MR) is 40.0 cm³/mol. The molecular weight excluding hydrogens is 128 g/mol. The molecule has 0 radical (unpaired) electrons. The van der Waals surface area contributed by atoms with E-state index in [-0.39, 0.29) is 6.10 Å². The van der Waals surface area contributed by atoms with Crippen molar-refractivity contribution in [3.63, 3.8) is 0 Å². The van der Waals surface area contributed by atoms with Gasteiger partial charge in [0, 0.05) is 12.0 Å². The Morgan fingerprint density at radius 1 is 1.70 bits per heavy atom. The van der Waals surface area contributed by atoms with E-state index in [1.165, 1.54) is 0 Å². The van der Waals surface area contributed by atoms with Crippen LogP contribution in [0.3, 0.4) is 0 Å². The van der Waals surface area contributed by atoms with Gasteiger partial charge in [-0.25, -0.2) is 0 Å². The van der Waals surface area contributed by atoms with Crippen molar-refractivity contribution in [3.05, 3.63) is 11.3 Å².